The van der Waals surface area contributed by atoms with E-state index in [1.807, 2.05) is 6.07 Å². The molecular formula is C20H18N4O5. The zero-order valence-corrected chi connectivity index (χ0v) is 16.1. The highest BCUT2D eigenvalue weighted by molar-refractivity contribution is 5.92. The molecule has 1 N–H and O–H groups in total. The summed E-state index contributed by atoms with van der Waals surface area (Å²) < 4.78 is 21.1. The van der Waals surface area contributed by atoms with Crippen LogP contribution < -0.4 is 19.5 Å². The van der Waals surface area contributed by atoms with Crippen molar-refractivity contribution >= 4 is 11.7 Å². The monoisotopic (exact) mass is 394 g/mol. The van der Waals surface area contributed by atoms with Gasteiger partial charge in [-0.05, 0) is 29.8 Å². The molecule has 0 aliphatic carbocycles. The molecule has 1 amide bonds. The predicted molar refractivity (Wildman–Crippen MR) is 103 cm³/mol. The number of anilines is 1. The van der Waals surface area contributed by atoms with Crippen LogP contribution in [0.5, 0.6) is 17.2 Å². The minimum Gasteiger partial charge on any atom is -0.493 e. The Hall–Kier alpha value is -4.06. The van der Waals surface area contributed by atoms with Crippen molar-refractivity contribution in [2.45, 2.75) is 6.42 Å². The van der Waals surface area contributed by atoms with Crippen molar-refractivity contribution in [1.82, 2.24) is 9.97 Å². The number of amides is 1. The first-order valence-electron chi connectivity index (χ1n) is 8.49. The van der Waals surface area contributed by atoms with Crippen molar-refractivity contribution in [1.29, 1.82) is 5.26 Å². The molecule has 0 aliphatic heterocycles. The summed E-state index contributed by atoms with van der Waals surface area (Å²) in [5.74, 6) is 1.73. The van der Waals surface area contributed by atoms with Gasteiger partial charge in [0.15, 0.2) is 28.9 Å². The van der Waals surface area contributed by atoms with Crippen LogP contribution >= 0.6 is 0 Å². The Kier molecular flexibility index (Phi) is 5.94. The van der Waals surface area contributed by atoms with E-state index in [0.717, 1.165) is 0 Å². The van der Waals surface area contributed by atoms with Crippen LogP contribution in [0.25, 0.3) is 11.6 Å². The lowest BCUT2D eigenvalue weighted by Gasteiger charge is -2.14. The maximum atomic E-state index is 12.6. The summed E-state index contributed by atoms with van der Waals surface area (Å²) in [7, 11) is 4.50. The predicted octanol–water partition coefficient (Wildman–Crippen LogP) is 2.82. The fourth-order valence-corrected chi connectivity index (χ4v) is 2.68. The molecule has 0 saturated heterocycles. The molecule has 0 unspecified atom stereocenters. The molecule has 0 bridgehead atoms. The van der Waals surface area contributed by atoms with Crippen LogP contribution in [0.4, 0.5) is 5.82 Å². The molecule has 0 fully saturated rings. The SMILES string of the molecule is COc1cc(CC(=O)Nc2nc(-c3ccco3)ncc2C#N)cc(OC)c1OC. The minimum absolute atomic E-state index is 0.00166. The van der Waals surface area contributed by atoms with E-state index in [2.05, 4.69) is 15.3 Å². The molecule has 9 heteroatoms. The molecule has 0 aliphatic rings. The molecule has 1 aromatic carbocycles. The van der Waals surface area contributed by atoms with Crippen molar-refractivity contribution < 1.29 is 23.4 Å². The van der Waals surface area contributed by atoms with Crippen LogP contribution in [0.3, 0.4) is 0 Å². The van der Waals surface area contributed by atoms with Gasteiger partial charge in [-0.15, -0.1) is 0 Å². The molecule has 29 heavy (non-hydrogen) atoms. The maximum absolute atomic E-state index is 12.6. The number of rotatable bonds is 7. The number of nitriles is 1. The van der Waals surface area contributed by atoms with Gasteiger partial charge in [-0.1, -0.05) is 0 Å². The van der Waals surface area contributed by atoms with Gasteiger partial charge in [-0.2, -0.15) is 5.26 Å². The summed E-state index contributed by atoms with van der Waals surface area (Å²) in [5.41, 5.74) is 0.773. The van der Waals surface area contributed by atoms with Gasteiger partial charge in [0.2, 0.25) is 11.7 Å². The van der Waals surface area contributed by atoms with E-state index < -0.39 is 0 Å². The largest absolute Gasteiger partial charge is 0.493 e. The van der Waals surface area contributed by atoms with Gasteiger partial charge >= 0.3 is 0 Å². The lowest BCUT2D eigenvalue weighted by atomic mass is 10.1. The van der Waals surface area contributed by atoms with E-state index in [1.54, 1.807) is 24.3 Å². The van der Waals surface area contributed by atoms with E-state index in [-0.39, 0.29) is 29.5 Å². The average molecular weight is 394 g/mol. The van der Waals surface area contributed by atoms with Crippen LogP contribution in [-0.4, -0.2) is 37.2 Å². The normalized spacial score (nSPS) is 10.1. The third-order valence-corrected chi connectivity index (χ3v) is 4.00. The third-order valence-electron chi connectivity index (χ3n) is 4.00. The Bertz CT molecular complexity index is 1030. The molecule has 3 aromatic rings. The number of carbonyl (C=O) groups is 1. The van der Waals surface area contributed by atoms with Crippen LogP contribution in [-0.2, 0) is 11.2 Å². The Morgan fingerprint density at radius 1 is 1.21 bits per heavy atom. The number of nitrogens with zero attached hydrogens (tertiary/aromatic N) is 3. The Morgan fingerprint density at radius 3 is 2.48 bits per heavy atom. The molecule has 0 atom stereocenters. The molecule has 0 spiro atoms. The fraction of sp³-hybridized carbons (Fsp3) is 0.200. The van der Waals surface area contributed by atoms with Crippen LogP contribution in [0.1, 0.15) is 11.1 Å². The fourth-order valence-electron chi connectivity index (χ4n) is 2.68. The van der Waals surface area contributed by atoms with E-state index >= 15 is 0 Å². The van der Waals surface area contributed by atoms with Gasteiger partial charge in [0.1, 0.15) is 11.6 Å². The second-order valence-corrected chi connectivity index (χ2v) is 5.80. The van der Waals surface area contributed by atoms with Crippen molar-refractivity contribution in [2.75, 3.05) is 26.6 Å². The molecular weight excluding hydrogens is 376 g/mol. The zero-order chi connectivity index (χ0) is 20.8. The van der Waals surface area contributed by atoms with E-state index in [9.17, 15) is 10.1 Å². The Balaban J connectivity index is 1.84. The summed E-state index contributed by atoms with van der Waals surface area (Å²) in [6.07, 6.45) is 2.82. The quantitative estimate of drug-likeness (QED) is 0.650. The van der Waals surface area contributed by atoms with Gasteiger partial charge in [0.05, 0.1) is 40.2 Å². The summed E-state index contributed by atoms with van der Waals surface area (Å²) in [6.45, 7) is 0. The molecule has 0 radical (unpaired) electrons. The first-order valence-corrected chi connectivity index (χ1v) is 8.49. The second-order valence-electron chi connectivity index (χ2n) is 5.80. The first kappa shape index (κ1) is 19.7. The molecule has 2 heterocycles. The zero-order valence-electron chi connectivity index (χ0n) is 16.1. The second kappa shape index (κ2) is 8.75. The number of aromatic nitrogens is 2. The van der Waals surface area contributed by atoms with E-state index in [0.29, 0.717) is 28.6 Å². The first-order chi connectivity index (χ1) is 14.1. The summed E-state index contributed by atoms with van der Waals surface area (Å²) >= 11 is 0. The summed E-state index contributed by atoms with van der Waals surface area (Å²) in [5, 5.41) is 11.9. The van der Waals surface area contributed by atoms with Crippen LogP contribution in [0.15, 0.2) is 41.1 Å². The number of carbonyl (C=O) groups excluding carboxylic acids is 1. The van der Waals surface area contributed by atoms with Crippen molar-refractivity contribution in [3.05, 3.63) is 47.9 Å². The number of nitrogens with one attached hydrogen (secondary N) is 1. The molecule has 0 saturated carbocycles. The van der Waals surface area contributed by atoms with Gasteiger partial charge < -0.3 is 23.9 Å². The lowest BCUT2D eigenvalue weighted by Crippen LogP contribution is -2.17. The van der Waals surface area contributed by atoms with Gasteiger partial charge in [-0.25, -0.2) is 9.97 Å². The molecule has 2 aromatic heterocycles. The topological polar surface area (TPSA) is 120 Å². The van der Waals surface area contributed by atoms with Gasteiger partial charge in [-0.3, -0.25) is 4.79 Å². The Morgan fingerprint density at radius 2 is 1.93 bits per heavy atom. The van der Waals surface area contributed by atoms with Crippen LogP contribution in [0.2, 0.25) is 0 Å². The highest BCUT2D eigenvalue weighted by Gasteiger charge is 2.17. The van der Waals surface area contributed by atoms with Gasteiger partial charge in [0.25, 0.3) is 0 Å². The number of ether oxygens (including phenoxy) is 3. The van der Waals surface area contributed by atoms with Crippen molar-refractivity contribution in [3.63, 3.8) is 0 Å². The number of hydrogen-bond donors (Lipinski definition) is 1. The summed E-state index contributed by atoms with van der Waals surface area (Å²) in [6, 6.07) is 8.70. The molecule has 3 rings (SSSR count). The smallest absolute Gasteiger partial charge is 0.229 e. The lowest BCUT2D eigenvalue weighted by molar-refractivity contribution is -0.115. The summed E-state index contributed by atoms with van der Waals surface area (Å²) in [4.78, 5) is 20.9. The minimum atomic E-state index is -0.375. The molecule has 9 nitrogen and oxygen atoms in total. The number of furan rings is 1. The highest BCUT2D eigenvalue weighted by Crippen LogP contribution is 2.38. The van der Waals surface area contributed by atoms with E-state index in [1.165, 1.54) is 33.8 Å². The van der Waals surface area contributed by atoms with E-state index in [4.69, 9.17) is 18.6 Å². The highest BCUT2D eigenvalue weighted by atomic mass is 16.5. The number of methoxy groups -OCH3 is 3. The number of hydrogen-bond acceptors (Lipinski definition) is 8. The Labute approximate surface area is 166 Å². The maximum Gasteiger partial charge on any atom is 0.229 e. The van der Waals surface area contributed by atoms with Gasteiger partial charge in [0, 0.05) is 0 Å². The number of benzene rings is 1. The van der Waals surface area contributed by atoms with Crippen molar-refractivity contribution in [2.24, 2.45) is 0 Å². The molecule has 148 valence electrons. The van der Waals surface area contributed by atoms with Crippen molar-refractivity contribution in [3.8, 4) is 34.9 Å². The average Bonchev–Trinajstić information content (AvgIpc) is 3.27. The standard InChI is InChI=1S/C20H18N4O5/c1-26-15-7-12(8-16(27-2)18(15)28-3)9-17(25)23-19-13(10-21)11-22-20(24-19)14-5-4-6-29-14/h4-8,11H,9H2,1-3H3,(H,22,23,24,25). The third kappa shape index (κ3) is 4.27. The van der Waals surface area contributed by atoms with Crippen LogP contribution in [0, 0.1) is 11.3 Å².